The Morgan fingerprint density at radius 1 is 1.29 bits per heavy atom. The van der Waals surface area contributed by atoms with E-state index in [0.717, 1.165) is 11.3 Å². The molecule has 0 unspecified atom stereocenters. The summed E-state index contributed by atoms with van der Waals surface area (Å²) in [5.74, 6) is 1.24. The molecule has 0 spiro atoms. The maximum absolute atomic E-state index is 15.3. The Balaban J connectivity index is 2.04. The number of nitrogens with one attached hydrogen (secondary N) is 2. The van der Waals surface area contributed by atoms with Crippen LogP contribution in [0.25, 0.3) is 5.69 Å². The molecule has 3 rings (SSSR count). The predicted molar refractivity (Wildman–Crippen MR) is 109 cm³/mol. The highest BCUT2D eigenvalue weighted by molar-refractivity contribution is 6.17. The van der Waals surface area contributed by atoms with Gasteiger partial charge in [0.25, 0.3) is 0 Å². The van der Waals surface area contributed by atoms with Crippen LogP contribution in [0, 0.1) is 5.82 Å². The highest BCUT2D eigenvalue weighted by atomic mass is 35.5. The standard InChI is InChI=1S/C19H22ClFN6O/c1-11(2)14-7-16(22-3)26-19(25-14)24-13-5-6-15(28-4)18(17(13)21)27-10-12(8-20)9-23-27/h5-7,9-11H,8H2,1-4H3,(H2,22,24,25,26). The summed E-state index contributed by atoms with van der Waals surface area (Å²) in [4.78, 5) is 8.84. The Kier molecular flexibility index (Phi) is 5.99. The molecule has 0 bridgehead atoms. The molecule has 2 N–H and O–H groups in total. The van der Waals surface area contributed by atoms with Crippen molar-refractivity contribution in [2.24, 2.45) is 0 Å². The molecule has 0 fully saturated rings. The van der Waals surface area contributed by atoms with Gasteiger partial charge < -0.3 is 15.4 Å². The lowest BCUT2D eigenvalue weighted by Crippen LogP contribution is -2.08. The van der Waals surface area contributed by atoms with Gasteiger partial charge >= 0.3 is 0 Å². The summed E-state index contributed by atoms with van der Waals surface area (Å²) in [6.07, 6.45) is 3.24. The van der Waals surface area contributed by atoms with Crippen LogP contribution < -0.4 is 15.4 Å². The van der Waals surface area contributed by atoms with E-state index in [2.05, 4.69) is 25.7 Å². The average molecular weight is 405 g/mol. The molecule has 0 amide bonds. The quantitative estimate of drug-likeness (QED) is 0.566. The van der Waals surface area contributed by atoms with Crippen LogP contribution in [0.15, 0.2) is 30.6 Å². The number of ether oxygens (including phenoxy) is 1. The Labute approximate surface area is 167 Å². The van der Waals surface area contributed by atoms with Crippen molar-refractivity contribution in [3.05, 3.63) is 47.7 Å². The number of rotatable bonds is 7. The molecule has 28 heavy (non-hydrogen) atoms. The maximum atomic E-state index is 15.3. The van der Waals surface area contributed by atoms with E-state index in [9.17, 15) is 0 Å². The Morgan fingerprint density at radius 2 is 2.07 bits per heavy atom. The van der Waals surface area contributed by atoms with E-state index in [1.165, 1.54) is 11.8 Å². The SMILES string of the molecule is CNc1cc(C(C)C)nc(Nc2ccc(OC)c(-n3cc(CCl)cn3)c2F)n1. The summed E-state index contributed by atoms with van der Waals surface area (Å²) in [6, 6.07) is 5.10. The van der Waals surface area contributed by atoms with Gasteiger partial charge in [0.15, 0.2) is 5.82 Å². The van der Waals surface area contributed by atoms with Crippen molar-refractivity contribution in [3.63, 3.8) is 0 Å². The lowest BCUT2D eigenvalue weighted by atomic mass is 10.1. The number of benzene rings is 1. The fourth-order valence-corrected chi connectivity index (χ4v) is 2.78. The van der Waals surface area contributed by atoms with Gasteiger partial charge in [0.1, 0.15) is 17.3 Å². The van der Waals surface area contributed by atoms with Gasteiger partial charge in [-0.05, 0) is 18.1 Å². The third kappa shape index (κ3) is 4.01. The molecule has 0 radical (unpaired) electrons. The smallest absolute Gasteiger partial charge is 0.229 e. The van der Waals surface area contributed by atoms with Gasteiger partial charge in [-0.2, -0.15) is 10.1 Å². The minimum atomic E-state index is -0.534. The van der Waals surface area contributed by atoms with Crippen molar-refractivity contribution < 1.29 is 9.13 Å². The summed E-state index contributed by atoms with van der Waals surface area (Å²) < 4.78 is 22.1. The molecule has 0 aliphatic rings. The number of alkyl halides is 1. The molecule has 3 aromatic rings. The first-order valence-corrected chi connectivity index (χ1v) is 9.30. The second-order valence-corrected chi connectivity index (χ2v) is 6.70. The third-order valence-electron chi connectivity index (χ3n) is 4.16. The molecule has 7 nitrogen and oxygen atoms in total. The molecule has 0 saturated heterocycles. The van der Waals surface area contributed by atoms with Crippen molar-refractivity contribution in [3.8, 4) is 11.4 Å². The first-order chi connectivity index (χ1) is 13.5. The normalized spacial score (nSPS) is 11.0. The van der Waals surface area contributed by atoms with Crippen molar-refractivity contribution >= 4 is 29.1 Å². The van der Waals surface area contributed by atoms with Gasteiger partial charge in [-0.3, -0.25) is 0 Å². The zero-order chi connectivity index (χ0) is 20.3. The number of nitrogens with zero attached hydrogens (tertiary/aromatic N) is 4. The molecule has 0 saturated carbocycles. The van der Waals surface area contributed by atoms with E-state index in [1.807, 2.05) is 19.9 Å². The molecule has 0 atom stereocenters. The third-order valence-corrected chi connectivity index (χ3v) is 4.47. The van der Waals surface area contributed by atoms with E-state index in [-0.39, 0.29) is 23.2 Å². The maximum Gasteiger partial charge on any atom is 0.229 e. The average Bonchev–Trinajstić information content (AvgIpc) is 3.17. The van der Waals surface area contributed by atoms with Gasteiger partial charge in [-0.1, -0.05) is 13.8 Å². The summed E-state index contributed by atoms with van der Waals surface area (Å²) in [6.45, 7) is 4.06. The van der Waals surface area contributed by atoms with E-state index < -0.39 is 5.82 Å². The topological polar surface area (TPSA) is 76.9 Å². The summed E-state index contributed by atoms with van der Waals surface area (Å²) >= 11 is 5.84. The number of anilines is 3. The van der Waals surface area contributed by atoms with Crippen LogP contribution in [0.4, 0.5) is 21.8 Å². The molecule has 1 aromatic carbocycles. The molecule has 2 heterocycles. The van der Waals surface area contributed by atoms with Crippen LogP contribution in [0.5, 0.6) is 5.75 Å². The number of hydrogen-bond acceptors (Lipinski definition) is 6. The number of halogens is 2. The minimum Gasteiger partial charge on any atom is -0.494 e. The number of hydrogen-bond donors (Lipinski definition) is 2. The molecule has 9 heteroatoms. The van der Waals surface area contributed by atoms with Crippen LogP contribution in [-0.4, -0.2) is 33.9 Å². The van der Waals surface area contributed by atoms with Gasteiger partial charge in [0, 0.05) is 24.9 Å². The molecule has 0 aliphatic heterocycles. The van der Waals surface area contributed by atoms with Crippen molar-refractivity contribution in [1.82, 2.24) is 19.7 Å². The van der Waals surface area contributed by atoms with Gasteiger partial charge in [0.05, 0.1) is 30.6 Å². The lowest BCUT2D eigenvalue weighted by molar-refractivity contribution is 0.407. The largest absolute Gasteiger partial charge is 0.494 e. The van der Waals surface area contributed by atoms with Crippen LogP contribution >= 0.6 is 11.6 Å². The summed E-state index contributed by atoms with van der Waals surface area (Å²) in [7, 11) is 3.25. The van der Waals surface area contributed by atoms with Crippen molar-refractivity contribution in [1.29, 1.82) is 0 Å². The van der Waals surface area contributed by atoms with Crippen LogP contribution in [-0.2, 0) is 5.88 Å². The number of methoxy groups -OCH3 is 1. The Morgan fingerprint density at radius 3 is 2.68 bits per heavy atom. The zero-order valence-electron chi connectivity index (χ0n) is 16.1. The minimum absolute atomic E-state index is 0.178. The van der Waals surface area contributed by atoms with Gasteiger partial charge in [-0.25, -0.2) is 14.1 Å². The van der Waals surface area contributed by atoms with Crippen molar-refractivity contribution in [2.45, 2.75) is 25.6 Å². The number of aromatic nitrogens is 4. The van der Waals surface area contributed by atoms with E-state index in [4.69, 9.17) is 16.3 Å². The summed E-state index contributed by atoms with van der Waals surface area (Å²) in [5, 5.41) is 10.1. The molecule has 0 aliphatic carbocycles. The fourth-order valence-electron chi connectivity index (χ4n) is 2.64. The first-order valence-electron chi connectivity index (χ1n) is 8.77. The van der Waals surface area contributed by atoms with E-state index in [1.54, 1.807) is 31.6 Å². The second kappa shape index (κ2) is 8.43. The van der Waals surface area contributed by atoms with E-state index in [0.29, 0.717) is 17.5 Å². The monoisotopic (exact) mass is 404 g/mol. The molecular formula is C19H22ClFN6O. The van der Waals surface area contributed by atoms with Gasteiger partial charge in [-0.15, -0.1) is 11.6 Å². The van der Waals surface area contributed by atoms with Crippen LogP contribution in [0.3, 0.4) is 0 Å². The summed E-state index contributed by atoms with van der Waals surface area (Å²) in [5.41, 5.74) is 2.00. The van der Waals surface area contributed by atoms with Gasteiger partial charge in [0.2, 0.25) is 5.95 Å². The fraction of sp³-hybridized carbons (Fsp3) is 0.316. The van der Waals surface area contributed by atoms with Crippen LogP contribution in [0.1, 0.15) is 31.0 Å². The Bertz CT molecular complexity index is 975. The van der Waals surface area contributed by atoms with Crippen LogP contribution in [0.2, 0.25) is 0 Å². The molecular weight excluding hydrogens is 383 g/mol. The lowest BCUT2D eigenvalue weighted by Gasteiger charge is -2.15. The predicted octanol–water partition coefficient (Wildman–Crippen LogP) is 4.46. The zero-order valence-corrected chi connectivity index (χ0v) is 16.9. The second-order valence-electron chi connectivity index (χ2n) is 6.44. The molecule has 148 valence electrons. The Hall–Kier alpha value is -2.87. The highest BCUT2D eigenvalue weighted by Gasteiger charge is 2.18. The first kappa shape index (κ1) is 19.9. The molecule has 2 aromatic heterocycles. The van der Waals surface area contributed by atoms with E-state index >= 15 is 4.39 Å². The van der Waals surface area contributed by atoms with Crippen molar-refractivity contribution in [2.75, 3.05) is 24.8 Å². The highest BCUT2D eigenvalue weighted by Crippen LogP contribution is 2.32.